The van der Waals surface area contributed by atoms with Gasteiger partial charge in [-0.15, -0.1) is 11.8 Å². The molecule has 0 aromatic rings. The highest BCUT2D eigenvalue weighted by Gasteiger charge is 2.18. The predicted octanol–water partition coefficient (Wildman–Crippen LogP) is 8.84. The Kier molecular flexibility index (Phi) is 22.4. The van der Waals surface area contributed by atoms with Crippen molar-refractivity contribution in [2.45, 2.75) is 128 Å². The van der Waals surface area contributed by atoms with Gasteiger partial charge in [0.05, 0.1) is 14.5 Å². The van der Waals surface area contributed by atoms with Crippen LogP contribution in [0.5, 0.6) is 0 Å². The van der Waals surface area contributed by atoms with Crippen molar-refractivity contribution in [3.05, 3.63) is 0 Å². The van der Waals surface area contributed by atoms with Gasteiger partial charge in [-0.1, -0.05) is 97.2 Å². The first-order chi connectivity index (χ1) is 14.1. The van der Waals surface area contributed by atoms with Gasteiger partial charge < -0.3 is 0 Å². The van der Waals surface area contributed by atoms with Crippen molar-refractivity contribution in [2.24, 2.45) is 0 Å². The van der Waals surface area contributed by atoms with Gasteiger partial charge in [0.1, 0.15) is 5.44 Å². The number of rotatable bonds is 23. The monoisotopic (exact) mass is 446 g/mol. The Bertz CT molecular complexity index is 330. The van der Waals surface area contributed by atoms with Gasteiger partial charge in [-0.3, -0.25) is 8.37 Å². The molecular weight excluding hydrogens is 395 g/mol. The molecule has 0 N–H and O–H groups in total. The lowest BCUT2D eigenvalue weighted by Crippen LogP contribution is -2.15. The SMILES string of the molecule is [B]CCCCCCOS(C)(C)OC(CCCCCCC)SCCCCCCCC. The molecular formula is C24H51BO2S2. The fourth-order valence-electron chi connectivity index (χ4n) is 3.32. The first kappa shape index (κ1) is 29.7. The first-order valence-corrected chi connectivity index (χ1v) is 15.8. The fourth-order valence-corrected chi connectivity index (χ4v) is 6.26. The molecule has 2 radical (unpaired) electrons. The molecule has 0 saturated carbocycles. The van der Waals surface area contributed by atoms with E-state index >= 15 is 0 Å². The van der Waals surface area contributed by atoms with Crippen molar-refractivity contribution < 1.29 is 8.37 Å². The summed E-state index contributed by atoms with van der Waals surface area (Å²) in [6.07, 6.45) is 25.8. The van der Waals surface area contributed by atoms with Gasteiger partial charge in [0.2, 0.25) is 0 Å². The molecule has 0 aliphatic heterocycles. The third-order valence-electron chi connectivity index (χ3n) is 5.15. The molecule has 0 aromatic carbocycles. The molecule has 2 nitrogen and oxygen atoms in total. The lowest BCUT2D eigenvalue weighted by atomic mass is 9.99. The Morgan fingerprint density at radius 3 is 1.93 bits per heavy atom. The molecule has 0 aromatic heterocycles. The Morgan fingerprint density at radius 2 is 1.28 bits per heavy atom. The minimum Gasteiger partial charge on any atom is -0.285 e. The van der Waals surface area contributed by atoms with E-state index in [-0.39, 0.29) is 0 Å². The summed E-state index contributed by atoms with van der Waals surface area (Å²) in [5.41, 5.74) is 0.300. The van der Waals surface area contributed by atoms with Crippen LogP contribution in [-0.2, 0) is 8.37 Å². The molecule has 0 rings (SSSR count). The van der Waals surface area contributed by atoms with Crippen LogP contribution in [0.2, 0.25) is 6.32 Å². The summed E-state index contributed by atoms with van der Waals surface area (Å²) in [6.45, 7) is 5.38. The molecule has 0 aliphatic carbocycles. The number of hydrogen-bond acceptors (Lipinski definition) is 3. The van der Waals surface area contributed by atoms with Crippen molar-refractivity contribution in [2.75, 3.05) is 24.9 Å². The number of hydrogen-bond donors (Lipinski definition) is 0. The largest absolute Gasteiger partial charge is 0.285 e. The van der Waals surface area contributed by atoms with Crippen LogP contribution in [0.1, 0.15) is 117 Å². The molecule has 1 atom stereocenters. The minimum atomic E-state index is -1.42. The second kappa shape index (κ2) is 21.9. The van der Waals surface area contributed by atoms with Crippen LogP contribution in [0.25, 0.3) is 0 Å². The maximum absolute atomic E-state index is 6.52. The lowest BCUT2D eigenvalue weighted by Gasteiger charge is -2.38. The van der Waals surface area contributed by atoms with E-state index in [1.807, 2.05) is 11.8 Å². The minimum absolute atomic E-state index is 0.300. The quantitative estimate of drug-likeness (QED) is 0.0887. The summed E-state index contributed by atoms with van der Waals surface area (Å²) >= 11 is 2.03. The smallest absolute Gasteiger partial charge is 0.127 e. The Labute approximate surface area is 191 Å². The van der Waals surface area contributed by atoms with Crippen LogP contribution < -0.4 is 0 Å². The summed E-state index contributed by atoms with van der Waals surface area (Å²) in [5, 5.41) is 0. The Balaban J connectivity index is 4.17. The van der Waals surface area contributed by atoms with E-state index in [4.69, 9.17) is 16.2 Å². The van der Waals surface area contributed by atoms with E-state index in [1.165, 1.54) is 95.6 Å². The maximum atomic E-state index is 6.52. The van der Waals surface area contributed by atoms with Crippen LogP contribution in [0.4, 0.5) is 0 Å². The lowest BCUT2D eigenvalue weighted by molar-refractivity contribution is 0.234. The zero-order valence-electron chi connectivity index (χ0n) is 20.2. The standard InChI is InChI=1S/C24H51BO2S2/c1-5-7-9-11-15-19-23-28-24(20-16-12-10-8-6-2)27-29(3,4)26-22-18-14-13-17-21-25/h24H,5-23H2,1-4H3. The fraction of sp³-hybridized carbons (Fsp3) is 1.00. The van der Waals surface area contributed by atoms with E-state index in [1.54, 1.807) is 0 Å². The molecule has 0 spiro atoms. The Hall–Kier alpha value is 0.685. The molecule has 0 heterocycles. The molecule has 0 saturated heterocycles. The maximum Gasteiger partial charge on any atom is 0.127 e. The van der Waals surface area contributed by atoms with Gasteiger partial charge in [0, 0.05) is 12.5 Å². The van der Waals surface area contributed by atoms with E-state index in [9.17, 15) is 0 Å². The zero-order chi connectivity index (χ0) is 21.6. The Morgan fingerprint density at radius 1 is 0.724 bits per heavy atom. The summed E-state index contributed by atoms with van der Waals surface area (Å²) in [4.78, 5) is 0. The van der Waals surface area contributed by atoms with Crippen LogP contribution in [0, 0.1) is 0 Å². The van der Waals surface area contributed by atoms with E-state index < -0.39 is 10.6 Å². The van der Waals surface area contributed by atoms with Gasteiger partial charge >= 0.3 is 0 Å². The summed E-state index contributed by atoms with van der Waals surface area (Å²) in [5.74, 6) is 1.22. The average molecular weight is 447 g/mol. The van der Waals surface area contributed by atoms with Crippen LogP contribution in [-0.4, -0.2) is 38.2 Å². The molecule has 0 aliphatic rings. The summed E-state index contributed by atoms with van der Waals surface area (Å²) < 4.78 is 12.7. The highest BCUT2D eigenvalue weighted by molar-refractivity contribution is 8.25. The third kappa shape index (κ3) is 21.7. The van der Waals surface area contributed by atoms with Gasteiger partial charge in [-0.05, 0) is 31.4 Å². The highest BCUT2D eigenvalue weighted by Crippen LogP contribution is 2.46. The zero-order valence-corrected chi connectivity index (χ0v) is 21.9. The number of thioether (sulfide) groups is 1. The number of unbranched alkanes of at least 4 members (excludes halogenated alkanes) is 12. The van der Waals surface area contributed by atoms with Gasteiger partial charge in [-0.25, -0.2) is 0 Å². The van der Waals surface area contributed by atoms with Crippen molar-refractivity contribution in [3.63, 3.8) is 0 Å². The van der Waals surface area contributed by atoms with E-state index in [2.05, 4.69) is 26.4 Å². The van der Waals surface area contributed by atoms with Crippen molar-refractivity contribution >= 4 is 30.2 Å². The molecule has 0 fully saturated rings. The van der Waals surface area contributed by atoms with Crippen LogP contribution in [0.3, 0.4) is 0 Å². The molecule has 29 heavy (non-hydrogen) atoms. The first-order valence-electron chi connectivity index (χ1n) is 12.4. The van der Waals surface area contributed by atoms with Crippen molar-refractivity contribution in [3.8, 4) is 0 Å². The molecule has 5 heteroatoms. The van der Waals surface area contributed by atoms with Crippen LogP contribution in [0.15, 0.2) is 0 Å². The normalized spacial score (nSPS) is 13.7. The molecule has 0 amide bonds. The molecule has 1 unspecified atom stereocenters. The van der Waals surface area contributed by atoms with E-state index in [0.29, 0.717) is 5.44 Å². The van der Waals surface area contributed by atoms with Gasteiger partial charge in [-0.2, -0.15) is 10.6 Å². The predicted molar refractivity (Wildman–Crippen MR) is 139 cm³/mol. The highest BCUT2D eigenvalue weighted by atomic mass is 32.3. The van der Waals surface area contributed by atoms with Gasteiger partial charge in [0.15, 0.2) is 0 Å². The average Bonchev–Trinajstić information content (AvgIpc) is 2.69. The summed E-state index contributed by atoms with van der Waals surface area (Å²) in [7, 11) is 4.14. The van der Waals surface area contributed by atoms with Crippen molar-refractivity contribution in [1.82, 2.24) is 0 Å². The second-order valence-corrected chi connectivity index (χ2v) is 12.5. The third-order valence-corrected chi connectivity index (χ3v) is 7.93. The summed E-state index contributed by atoms with van der Waals surface area (Å²) in [6, 6.07) is 0. The van der Waals surface area contributed by atoms with E-state index in [0.717, 1.165) is 25.8 Å². The second-order valence-electron chi connectivity index (χ2n) is 8.54. The molecule has 174 valence electrons. The molecule has 0 bridgehead atoms. The van der Waals surface area contributed by atoms with Crippen LogP contribution >= 0.6 is 22.4 Å². The van der Waals surface area contributed by atoms with Crippen molar-refractivity contribution in [1.29, 1.82) is 0 Å². The van der Waals surface area contributed by atoms with Gasteiger partial charge in [0.25, 0.3) is 0 Å². The topological polar surface area (TPSA) is 18.5 Å².